The van der Waals surface area contributed by atoms with Gasteiger partial charge in [0.05, 0.1) is 0 Å². The lowest BCUT2D eigenvalue weighted by molar-refractivity contribution is 0.463. The van der Waals surface area contributed by atoms with E-state index in [1.807, 2.05) is 0 Å². The number of rotatable bonds is 0. The van der Waals surface area contributed by atoms with E-state index in [9.17, 15) is 0 Å². The second-order valence-electron chi connectivity index (χ2n) is 1.82. The third-order valence-corrected chi connectivity index (χ3v) is 1.53. The number of thiol groups is 1. The minimum Gasteiger partial charge on any atom is -0.437 e. The molecule has 0 saturated heterocycles. The lowest BCUT2D eigenvalue weighted by Gasteiger charge is -1.77. The van der Waals surface area contributed by atoms with Crippen molar-refractivity contribution in [2.75, 3.05) is 0 Å². The summed E-state index contributed by atoms with van der Waals surface area (Å²) in [5.41, 5.74) is -0.0395. The quantitative estimate of drug-likeness (QED) is 0.600. The van der Waals surface area contributed by atoms with E-state index in [1.165, 1.54) is 0 Å². The predicted octanol–water partition coefficient (Wildman–Crippen LogP) is 1.18. The van der Waals surface area contributed by atoms with Crippen molar-refractivity contribution >= 4 is 12.6 Å². The summed E-state index contributed by atoms with van der Waals surface area (Å²) in [6.07, 6.45) is 0. The summed E-state index contributed by atoms with van der Waals surface area (Å²) in [7, 11) is 0. The van der Waals surface area contributed by atoms with Crippen LogP contribution in [0, 0.1) is 34.0 Å². The predicted molar refractivity (Wildman–Crippen MR) is 40.1 cm³/mol. The maximum absolute atomic E-state index is 8.53. The molecule has 0 fully saturated rings. The molecule has 0 aliphatic heterocycles. The van der Waals surface area contributed by atoms with Crippen LogP contribution in [0.4, 0.5) is 0 Å². The molecule has 0 aromatic carbocycles. The van der Waals surface area contributed by atoms with Crippen LogP contribution in [-0.2, 0) is 0 Å². The monoisotopic (exact) mass is 175 g/mol. The van der Waals surface area contributed by atoms with Gasteiger partial charge in [0.1, 0.15) is 29.3 Å². The van der Waals surface area contributed by atoms with Gasteiger partial charge in [0, 0.05) is 0 Å². The second-order valence-corrected chi connectivity index (χ2v) is 2.23. The summed E-state index contributed by atoms with van der Waals surface area (Å²) in [6, 6.07) is 5.08. The zero-order chi connectivity index (χ0) is 9.14. The van der Waals surface area contributed by atoms with Crippen LogP contribution < -0.4 is 0 Å². The zero-order valence-electron chi connectivity index (χ0n) is 5.70. The van der Waals surface area contributed by atoms with E-state index in [1.54, 1.807) is 18.2 Å². The van der Waals surface area contributed by atoms with Crippen molar-refractivity contribution in [3.63, 3.8) is 0 Å². The molecule has 1 aromatic rings. The van der Waals surface area contributed by atoms with Crippen molar-refractivity contribution in [1.82, 2.24) is 0 Å². The standard InChI is InChI=1S/C7HN3OS/c8-1-4-5(2-9)7(12)11-6(4)3-10/h12H. The van der Waals surface area contributed by atoms with Gasteiger partial charge in [0.2, 0.25) is 5.76 Å². The zero-order valence-corrected chi connectivity index (χ0v) is 6.59. The lowest BCUT2D eigenvalue weighted by atomic mass is 10.2. The Morgan fingerprint density at radius 2 is 1.58 bits per heavy atom. The Bertz CT molecular complexity index is 441. The minimum atomic E-state index is -0.168. The molecule has 1 rings (SSSR count). The van der Waals surface area contributed by atoms with Gasteiger partial charge in [-0.05, 0) is 0 Å². The van der Waals surface area contributed by atoms with Gasteiger partial charge in [0.15, 0.2) is 5.09 Å². The number of hydrogen-bond acceptors (Lipinski definition) is 5. The first-order valence-electron chi connectivity index (χ1n) is 2.80. The van der Waals surface area contributed by atoms with E-state index in [-0.39, 0.29) is 22.0 Å². The Hall–Kier alpha value is -1.90. The summed E-state index contributed by atoms with van der Waals surface area (Å²) in [5, 5.41) is 25.5. The molecule has 0 aliphatic carbocycles. The van der Waals surface area contributed by atoms with Gasteiger partial charge in [-0.3, -0.25) is 0 Å². The largest absolute Gasteiger partial charge is 0.437 e. The Labute approximate surface area is 73.7 Å². The van der Waals surface area contributed by atoms with Crippen molar-refractivity contribution in [1.29, 1.82) is 15.8 Å². The highest BCUT2D eigenvalue weighted by Gasteiger charge is 2.17. The average Bonchev–Trinajstić information content (AvgIpc) is 2.40. The molecular weight excluding hydrogens is 174 g/mol. The first-order valence-corrected chi connectivity index (χ1v) is 3.25. The molecule has 56 valence electrons. The van der Waals surface area contributed by atoms with E-state index in [4.69, 9.17) is 20.2 Å². The minimum absolute atomic E-state index is 0.00519. The fourth-order valence-corrected chi connectivity index (χ4v) is 0.961. The molecule has 0 saturated carbocycles. The Morgan fingerprint density at radius 1 is 1.00 bits per heavy atom. The van der Waals surface area contributed by atoms with E-state index < -0.39 is 0 Å². The number of nitrogens with zero attached hydrogens (tertiary/aromatic N) is 3. The number of nitriles is 3. The van der Waals surface area contributed by atoms with E-state index in [2.05, 4.69) is 12.6 Å². The molecule has 4 nitrogen and oxygen atoms in total. The van der Waals surface area contributed by atoms with Crippen molar-refractivity contribution in [2.24, 2.45) is 0 Å². The summed E-state index contributed by atoms with van der Waals surface area (Å²) in [5.74, 6) is -0.168. The maximum atomic E-state index is 8.53. The van der Waals surface area contributed by atoms with Crippen LogP contribution in [-0.4, -0.2) is 0 Å². The molecule has 0 amide bonds. The van der Waals surface area contributed by atoms with Gasteiger partial charge >= 0.3 is 0 Å². The van der Waals surface area contributed by atoms with Gasteiger partial charge in [0.25, 0.3) is 0 Å². The summed E-state index contributed by atoms with van der Waals surface area (Å²) in [6.45, 7) is 0. The van der Waals surface area contributed by atoms with Crippen LogP contribution in [0.5, 0.6) is 0 Å². The molecule has 1 heterocycles. The molecular formula is C7HN3OS. The summed E-state index contributed by atoms with van der Waals surface area (Å²) < 4.78 is 4.73. The van der Waals surface area contributed by atoms with Crippen molar-refractivity contribution in [3.8, 4) is 18.2 Å². The van der Waals surface area contributed by atoms with Crippen molar-refractivity contribution in [2.45, 2.75) is 5.09 Å². The summed E-state index contributed by atoms with van der Waals surface area (Å²) in [4.78, 5) is 0. The van der Waals surface area contributed by atoms with E-state index >= 15 is 0 Å². The first-order chi connectivity index (χ1) is 5.74. The fourth-order valence-electron chi connectivity index (χ4n) is 0.708. The Kier molecular flexibility index (Phi) is 2.05. The van der Waals surface area contributed by atoms with Gasteiger partial charge < -0.3 is 4.42 Å². The Morgan fingerprint density at radius 3 is 2.00 bits per heavy atom. The van der Waals surface area contributed by atoms with Crippen LogP contribution in [0.1, 0.15) is 16.9 Å². The SMILES string of the molecule is N#Cc1oc(S)c(C#N)c1C#N. The van der Waals surface area contributed by atoms with Gasteiger partial charge in [-0.25, -0.2) is 0 Å². The molecule has 0 aliphatic rings. The highest BCUT2D eigenvalue weighted by Crippen LogP contribution is 2.23. The highest BCUT2D eigenvalue weighted by atomic mass is 32.1. The van der Waals surface area contributed by atoms with Crippen LogP contribution >= 0.6 is 12.6 Å². The number of hydrogen-bond donors (Lipinski definition) is 1. The Balaban J connectivity index is 3.54. The van der Waals surface area contributed by atoms with Crippen LogP contribution in [0.2, 0.25) is 0 Å². The topological polar surface area (TPSA) is 84.5 Å². The second kappa shape index (κ2) is 3.00. The molecule has 0 radical (unpaired) electrons. The van der Waals surface area contributed by atoms with Crippen LogP contribution in [0.15, 0.2) is 9.51 Å². The smallest absolute Gasteiger partial charge is 0.224 e. The van der Waals surface area contributed by atoms with Crippen LogP contribution in [0.25, 0.3) is 0 Å². The molecule has 0 N–H and O–H groups in total. The highest BCUT2D eigenvalue weighted by molar-refractivity contribution is 7.80. The summed E-state index contributed by atoms with van der Waals surface area (Å²) >= 11 is 3.79. The fraction of sp³-hybridized carbons (Fsp3) is 0. The van der Waals surface area contributed by atoms with Gasteiger partial charge in [-0.2, -0.15) is 15.8 Å². The molecule has 0 spiro atoms. The lowest BCUT2D eigenvalue weighted by Crippen LogP contribution is -1.78. The molecule has 0 bridgehead atoms. The van der Waals surface area contributed by atoms with Crippen molar-refractivity contribution in [3.05, 3.63) is 16.9 Å². The first kappa shape index (κ1) is 8.20. The molecule has 0 atom stereocenters. The molecule has 1 aromatic heterocycles. The molecule has 0 unspecified atom stereocenters. The third kappa shape index (κ3) is 1.01. The normalized spacial score (nSPS) is 8.17. The molecule has 12 heavy (non-hydrogen) atoms. The average molecular weight is 175 g/mol. The van der Waals surface area contributed by atoms with Crippen LogP contribution in [0.3, 0.4) is 0 Å². The van der Waals surface area contributed by atoms with Gasteiger partial charge in [-0.1, -0.05) is 0 Å². The molecule has 5 heteroatoms. The van der Waals surface area contributed by atoms with E-state index in [0.29, 0.717) is 0 Å². The third-order valence-electron chi connectivity index (χ3n) is 1.21. The van der Waals surface area contributed by atoms with Crippen molar-refractivity contribution < 1.29 is 4.42 Å². The van der Waals surface area contributed by atoms with E-state index in [0.717, 1.165) is 0 Å². The maximum Gasteiger partial charge on any atom is 0.224 e. The van der Waals surface area contributed by atoms with Gasteiger partial charge in [-0.15, -0.1) is 12.6 Å². The number of furan rings is 1.